The maximum atomic E-state index is 12.2. The van der Waals surface area contributed by atoms with Crippen molar-refractivity contribution in [2.75, 3.05) is 30.5 Å². The zero-order chi connectivity index (χ0) is 20.5. The Bertz CT molecular complexity index is 707. The monoisotopic (exact) mass is 426 g/mol. The number of nitrogens with one attached hydrogen (secondary N) is 1. The van der Waals surface area contributed by atoms with Gasteiger partial charge in [0, 0.05) is 23.8 Å². The van der Waals surface area contributed by atoms with E-state index in [0.29, 0.717) is 16.8 Å². The van der Waals surface area contributed by atoms with Gasteiger partial charge >= 0.3 is 5.97 Å². The molecule has 0 aliphatic heterocycles. The van der Waals surface area contributed by atoms with E-state index in [1.54, 1.807) is 23.1 Å². The van der Waals surface area contributed by atoms with Crippen molar-refractivity contribution in [1.29, 1.82) is 0 Å². The smallest absolute Gasteiger partial charge is 0.316 e. The molecule has 1 aliphatic carbocycles. The van der Waals surface area contributed by atoms with Gasteiger partial charge in [-0.15, -0.1) is 11.8 Å². The number of rotatable bonds is 8. The van der Waals surface area contributed by atoms with E-state index >= 15 is 0 Å². The Hall–Kier alpha value is -1.73. The van der Waals surface area contributed by atoms with Crippen molar-refractivity contribution in [3.05, 3.63) is 28.8 Å². The Morgan fingerprint density at radius 1 is 1.21 bits per heavy atom. The van der Waals surface area contributed by atoms with Crippen LogP contribution in [0.5, 0.6) is 0 Å². The predicted octanol–water partition coefficient (Wildman–Crippen LogP) is 3.65. The Kier molecular flexibility index (Phi) is 9.12. The summed E-state index contributed by atoms with van der Waals surface area (Å²) in [6.45, 7) is 1.46. The molecular weight excluding hydrogens is 400 g/mol. The van der Waals surface area contributed by atoms with Crippen LogP contribution < -0.4 is 5.32 Å². The Balaban J connectivity index is 1.64. The van der Waals surface area contributed by atoms with Gasteiger partial charge in [-0.1, -0.05) is 30.9 Å². The summed E-state index contributed by atoms with van der Waals surface area (Å²) in [5.41, 5.74) is 1.44. The molecule has 28 heavy (non-hydrogen) atoms. The van der Waals surface area contributed by atoms with Crippen LogP contribution in [0.2, 0.25) is 5.02 Å². The summed E-state index contributed by atoms with van der Waals surface area (Å²) in [5, 5.41) is 3.26. The fourth-order valence-corrected chi connectivity index (χ4v) is 4.09. The lowest BCUT2D eigenvalue weighted by atomic mass is 9.94. The Morgan fingerprint density at radius 2 is 1.93 bits per heavy atom. The largest absolute Gasteiger partial charge is 0.455 e. The highest BCUT2D eigenvalue weighted by molar-refractivity contribution is 8.00. The first-order valence-corrected chi connectivity index (χ1v) is 10.9. The molecule has 1 N–H and O–H groups in total. The molecule has 6 nitrogen and oxygen atoms in total. The fourth-order valence-electron chi connectivity index (χ4n) is 3.14. The number of halogens is 1. The molecular formula is C20H27ClN2O4S. The molecule has 0 saturated heterocycles. The molecule has 0 unspecified atom stereocenters. The van der Waals surface area contributed by atoms with Gasteiger partial charge in [-0.05, 0) is 43.5 Å². The zero-order valence-corrected chi connectivity index (χ0v) is 17.9. The van der Waals surface area contributed by atoms with Crippen LogP contribution in [0.1, 0.15) is 37.7 Å². The lowest BCUT2D eigenvalue weighted by Gasteiger charge is -2.31. The van der Waals surface area contributed by atoms with E-state index in [0.717, 1.165) is 18.4 Å². The van der Waals surface area contributed by atoms with Crippen molar-refractivity contribution in [3.8, 4) is 0 Å². The Morgan fingerprint density at radius 3 is 2.61 bits per heavy atom. The summed E-state index contributed by atoms with van der Waals surface area (Å²) in [7, 11) is 1.83. The minimum absolute atomic E-state index is 0.0284. The minimum Gasteiger partial charge on any atom is -0.455 e. The van der Waals surface area contributed by atoms with E-state index in [-0.39, 0.29) is 24.0 Å². The second-order valence-corrected chi connectivity index (χ2v) is 8.38. The lowest BCUT2D eigenvalue weighted by molar-refractivity contribution is -0.144. The topological polar surface area (TPSA) is 75.7 Å². The molecule has 1 fully saturated rings. The summed E-state index contributed by atoms with van der Waals surface area (Å²) in [5.74, 6) is -0.630. The highest BCUT2D eigenvalue weighted by Gasteiger charge is 2.22. The third-order valence-electron chi connectivity index (χ3n) is 4.79. The molecule has 154 valence electrons. The molecule has 2 amide bonds. The summed E-state index contributed by atoms with van der Waals surface area (Å²) in [6.07, 6.45) is 5.68. The molecule has 1 aromatic rings. The molecule has 0 atom stereocenters. The first-order valence-electron chi connectivity index (χ1n) is 9.42. The SMILES string of the molecule is Cc1cc(Cl)ccc1NC(=O)COC(=O)CSCC(=O)N(C)C1CCCCC1. The average Bonchev–Trinajstić information content (AvgIpc) is 2.68. The second-order valence-electron chi connectivity index (χ2n) is 6.96. The van der Waals surface area contributed by atoms with E-state index in [1.807, 2.05) is 14.0 Å². The summed E-state index contributed by atoms with van der Waals surface area (Å²) < 4.78 is 4.98. The van der Waals surface area contributed by atoms with Crippen LogP contribution in [-0.4, -0.2) is 53.9 Å². The van der Waals surface area contributed by atoms with Gasteiger partial charge in [-0.25, -0.2) is 0 Å². The quantitative estimate of drug-likeness (QED) is 0.642. The summed E-state index contributed by atoms with van der Waals surface area (Å²) in [6, 6.07) is 5.42. The third kappa shape index (κ3) is 7.36. The number of benzene rings is 1. The van der Waals surface area contributed by atoms with Gasteiger partial charge < -0.3 is 15.0 Å². The zero-order valence-electron chi connectivity index (χ0n) is 16.3. The highest BCUT2D eigenvalue weighted by Crippen LogP contribution is 2.22. The molecule has 1 aromatic carbocycles. The average molecular weight is 427 g/mol. The molecule has 0 heterocycles. The molecule has 0 spiro atoms. The van der Waals surface area contributed by atoms with E-state index in [2.05, 4.69) is 5.32 Å². The van der Waals surface area contributed by atoms with Crippen LogP contribution in [0.15, 0.2) is 18.2 Å². The van der Waals surface area contributed by atoms with Gasteiger partial charge in [-0.3, -0.25) is 14.4 Å². The molecule has 8 heteroatoms. The number of carbonyl (C=O) groups is 3. The van der Waals surface area contributed by atoms with E-state index < -0.39 is 11.9 Å². The van der Waals surface area contributed by atoms with Gasteiger partial charge in [0.2, 0.25) is 5.91 Å². The van der Waals surface area contributed by atoms with Crippen LogP contribution in [-0.2, 0) is 19.1 Å². The van der Waals surface area contributed by atoms with E-state index in [4.69, 9.17) is 16.3 Å². The number of hydrogen-bond acceptors (Lipinski definition) is 5. The third-order valence-corrected chi connectivity index (χ3v) is 5.91. The van der Waals surface area contributed by atoms with E-state index in [1.165, 1.54) is 31.0 Å². The highest BCUT2D eigenvalue weighted by atomic mass is 35.5. The van der Waals surface area contributed by atoms with Gasteiger partial charge in [0.25, 0.3) is 5.91 Å². The predicted molar refractivity (Wildman–Crippen MR) is 113 cm³/mol. The number of thioether (sulfide) groups is 1. The van der Waals surface area contributed by atoms with Gasteiger partial charge in [0.05, 0.1) is 11.5 Å². The van der Waals surface area contributed by atoms with Gasteiger partial charge in [0.1, 0.15) is 0 Å². The minimum atomic E-state index is -0.513. The van der Waals surface area contributed by atoms with E-state index in [9.17, 15) is 14.4 Å². The van der Waals surface area contributed by atoms with Crippen molar-refractivity contribution in [2.45, 2.75) is 45.1 Å². The van der Waals surface area contributed by atoms with Crippen LogP contribution in [0.25, 0.3) is 0 Å². The lowest BCUT2D eigenvalue weighted by Crippen LogP contribution is -2.39. The normalized spacial score (nSPS) is 14.4. The number of esters is 1. The van der Waals surface area contributed by atoms with Crippen molar-refractivity contribution >= 4 is 46.8 Å². The fraction of sp³-hybridized carbons (Fsp3) is 0.550. The first kappa shape index (κ1) is 22.6. The van der Waals surface area contributed by atoms with Crippen LogP contribution in [0.4, 0.5) is 5.69 Å². The molecule has 0 bridgehead atoms. The molecule has 1 aliphatic rings. The molecule has 2 rings (SSSR count). The maximum Gasteiger partial charge on any atom is 0.316 e. The number of hydrogen-bond donors (Lipinski definition) is 1. The number of anilines is 1. The summed E-state index contributed by atoms with van der Waals surface area (Å²) >= 11 is 7.09. The second kappa shape index (κ2) is 11.3. The summed E-state index contributed by atoms with van der Waals surface area (Å²) in [4.78, 5) is 37.7. The van der Waals surface area contributed by atoms with Crippen LogP contribution in [0.3, 0.4) is 0 Å². The first-order chi connectivity index (χ1) is 13.4. The van der Waals surface area contributed by atoms with Gasteiger partial charge in [-0.2, -0.15) is 0 Å². The number of nitrogens with zero attached hydrogens (tertiary/aromatic N) is 1. The van der Waals surface area contributed by atoms with Crippen molar-refractivity contribution < 1.29 is 19.1 Å². The number of aryl methyl sites for hydroxylation is 1. The maximum absolute atomic E-state index is 12.2. The van der Waals surface area contributed by atoms with Crippen molar-refractivity contribution in [2.24, 2.45) is 0 Å². The Labute approximate surface area is 175 Å². The van der Waals surface area contributed by atoms with Crippen molar-refractivity contribution in [1.82, 2.24) is 4.90 Å². The molecule has 0 aromatic heterocycles. The van der Waals surface area contributed by atoms with Crippen LogP contribution in [0, 0.1) is 6.92 Å². The van der Waals surface area contributed by atoms with Crippen LogP contribution >= 0.6 is 23.4 Å². The van der Waals surface area contributed by atoms with Crippen molar-refractivity contribution in [3.63, 3.8) is 0 Å². The van der Waals surface area contributed by atoms with Gasteiger partial charge in [0.15, 0.2) is 6.61 Å². The number of carbonyl (C=O) groups excluding carboxylic acids is 3. The standard InChI is InChI=1S/C20H27ClN2O4S/c1-14-10-15(21)8-9-17(14)22-18(24)11-27-20(26)13-28-12-19(25)23(2)16-6-4-3-5-7-16/h8-10,16H,3-7,11-13H2,1-2H3,(H,22,24). The number of ether oxygens (including phenoxy) is 1. The number of amides is 2. The molecule has 0 radical (unpaired) electrons. The molecule has 1 saturated carbocycles.